The molecule has 0 bridgehead atoms. The standard InChI is InChI=1S/C26H23F3N4O2/c1-33(2)12-11-16-13-19(26(27,28)29)15-20(14-16)30-24-22-6-4-3-5-21(22)23(31-32-24)17-7-9-18(10-8-17)25(34)35/h3-10,13-15H,11-12H2,1-2H3,(H,30,32)(H,34,35). The van der Waals surface area contributed by atoms with Crippen LogP contribution in [0.15, 0.2) is 66.7 Å². The number of alkyl halides is 3. The van der Waals surface area contributed by atoms with Gasteiger partial charge in [-0.1, -0.05) is 36.4 Å². The van der Waals surface area contributed by atoms with Crippen LogP contribution in [-0.4, -0.2) is 46.8 Å². The molecule has 0 fully saturated rings. The zero-order valence-corrected chi connectivity index (χ0v) is 19.1. The van der Waals surface area contributed by atoms with Crippen LogP contribution in [0.2, 0.25) is 0 Å². The molecule has 0 aliphatic carbocycles. The minimum absolute atomic E-state index is 0.152. The van der Waals surface area contributed by atoms with Crippen molar-refractivity contribution >= 4 is 28.2 Å². The Balaban J connectivity index is 1.74. The molecule has 0 unspecified atom stereocenters. The van der Waals surface area contributed by atoms with E-state index >= 15 is 0 Å². The number of carboxylic acid groups (broad SMARTS) is 1. The second kappa shape index (κ2) is 9.71. The van der Waals surface area contributed by atoms with Gasteiger partial charge in [-0.25, -0.2) is 4.79 Å². The maximum Gasteiger partial charge on any atom is 0.416 e. The molecule has 0 radical (unpaired) electrons. The molecule has 0 saturated heterocycles. The average molecular weight is 480 g/mol. The van der Waals surface area contributed by atoms with E-state index in [0.717, 1.165) is 11.5 Å². The lowest BCUT2D eigenvalue weighted by Crippen LogP contribution is -2.16. The molecule has 0 amide bonds. The molecule has 1 aromatic heterocycles. The summed E-state index contributed by atoms with van der Waals surface area (Å²) in [5, 5.41) is 22.1. The number of nitrogens with one attached hydrogen (secondary N) is 1. The average Bonchev–Trinajstić information content (AvgIpc) is 2.82. The van der Waals surface area contributed by atoms with Crippen LogP contribution in [0, 0.1) is 0 Å². The molecule has 3 aromatic carbocycles. The van der Waals surface area contributed by atoms with Crippen LogP contribution >= 0.6 is 0 Å². The van der Waals surface area contributed by atoms with Gasteiger partial charge < -0.3 is 15.3 Å². The van der Waals surface area contributed by atoms with E-state index in [0.29, 0.717) is 41.0 Å². The molecule has 9 heteroatoms. The van der Waals surface area contributed by atoms with Crippen molar-refractivity contribution in [1.29, 1.82) is 0 Å². The molecule has 4 aromatic rings. The van der Waals surface area contributed by atoms with Gasteiger partial charge in [0.25, 0.3) is 0 Å². The minimum Gasteiger partial charge on any atom is -0.478 e. The fourth-order valence-corrected chi connectivity index (χ4v) is 3.74. The summed E-state index contributed by atoms with van der Waals surface area (Å²) in [6.07, 6.45) is -4.02. The number of rotatable bonds is 7. The third-order valence-electron chi connectivity index (χ3n) is 5.52. The van der Waals surface area contributed by atoms with E-state index in [-0.39, 0.29) is 11.3 Å². The van der Waals surface area contributed by atoms with Gasteiger partial charge in [-0.15, -0.1) is 10.2 Å². The SMILES string of the molecule is CN(C)CCc1cc(Nc2nnc(-c3ccc(C(=O)O)cc3)c3ccccc23)cc(C(F)(F)F)c1. The van der Waals surface area contributed by atoms with Crippen LogP contribution in [0.1, 0.15) is 21.5 Å². The van der Waals surface area contributed by atoms with Gasteiger partial charge in [0.15, 0.2) is 5.82 Å². The number of aromatic nitrogens is 2. The van der Waals surface area contributed by atoms with E-state index in [9.17, 15) is 18.0 Å². The van der Waals surface area contributed by atoms with Crippen LogP contribution in [0.5, 0.6) is 0 Å². The number of nitrogens with zero attached hydrogens (tertiary/aromatic N) is 3. The van der Waals surface area contributed by atoms with Gasteiger partial charge in [0.05, 0.1) is 11.1 Å². The van der Waals surface area contributed by atoms with E-state index in [4.69, 9.17) is 5.11 Å². The summed E-state index contributed by atoms with van der Waals surface area (Å²) in [6.45, 7) is 0.610. The zero-order chi connectivity index (χ0) is 25.2. The number of benzene rings is 3. The van der Waals surface area contributed by atoms with Gasteiger partial charge >= 0.3 is 12.1 Å². The molecule has 0 atom stereocenters. The Labute approximate surface area is 200 Å². The number of anilines is 2. The Hall–Kier alpha value is -3.98. The topological polar surface area (TPSA) is 78.3 Å². The Morgan fingerprint density at radius 3 is 2.29 bits per heavy atom. The number of likely N-dealkylation sites (N-methyl/N-ethyl adjacent to an activating group) is 1. The summed E-state index contributed by atoms with van der Waals surface area (Å²) < 4.78 is 40.7. The second-order valence-electron chi connectivity index (χ2n) is 8.42. The molecule has 35 heavy (non-hydrogen) atoms. The van der Waals surface area contributed by atoms with Gasteiger partial charge in [-0.3, -0.25) is 0 Å². The first-order chi connectivity index (χ1) is 16.6. The molecule has 0 saturated carbocycles. The Morgan fingerprint density at radius 1 is 0.971 bits per heavy atom. The summed E-state index contributed by atoms with van der Waals surface area (Å²) in [5.41, 5.74) is 1.46. The quantitative estimate of drug-likeness (QED) is 0.345. The van der Waals surface area contributed by atoms with Gasteiger partial charge in [-0.2, -0.15) is 13.2 Å². The van der Waals surface area contributed by atoms with Gasteiger partial charge in [0, 0.05) is 28.6 Å². The van der Waals surface area contributed by atoms with Gasteiger partial charge in [-0.05, 0) is 56.4 Å². The number of hydrogen-bond acceptors (Lipinski definition) is 5. The molecular formula is C26H23F3N4O2. The van der Waals surface area contributed by atoms with E-state index in [1.807, 2.05) is 37.2 Å². The number of aromatic carboxylic acids is 1. The van der Waals surface area contributed by atoms with Gasteiger partial charge in [0.1, 0.15) is 5.69 Å². The van der Waals surface area contributed by atoms with Crippen LogP contribution in [-0.2, 0) is 12.6 Å². The maximum atomic E-state index is 13.6. The number of carbonyl (C=O) groups is 1. The van der Waals surface area contributed by atoms with Crippen molar-refractivity contribution in [3.8, 4) is 11.3 Å². The molecule has 0 aliphatic rings. The van der Waals surface area contributed by atoms with E-state index in [1.165, 1.54) is 18.2 Å². The summed E-state index contributed by atoms with van der Waals surface area (Å²) in [4.78, 5) is 13.1. The van der Waals surface area contributed by atoms with Crippen LogP contribution < -0.4 is 5.32 Å². The molecule has 0 aliphatic heterocycles. The number of hydrogen-bond donors (Lipinski definition) is 2. The van der Waals surface area contributed by atoms with E-state index in [1.54, 1.807) is 24.3 Å². The fourth-order valence-electron chi connectivity index (χ4n) is 3.74. The lowest BCUT2D eigenvalue weighted by molar-refractivity contribution is -0.137. The molecule has 1 heterocycles. The first-order valence-corrected chi connectivity index (χ1v) is 10.8. The molecular weight excluding hydrogens is 457 g/mol. The summed E-state index contributed by atoms with van der Waals surface area (Å²) in [5.74, 6) is -0.706. The van der Waals surface area contributed by atoms with Crippen LogP contribution in [0.3, 0.4) is 0 Å². The zero-order valence-electron chi connectivity index (χ0n) is 19.1. The van der Waals surface area contributed by atoms with Crippen LogP contribution in [0.4, 0.5) is 24.7 Å². The predicted octanol–water partition coefficient (Wildman–Crippen LogP) is 5.86. The summed E-state index contributed by atoms with van der Waals surface area (Å²) in [6, 6.07) is 17.5. The predicted molar refractivity (Wildman–Crippen MR) is 129 cm³/mol. The normalized spacial score (nSPS) is 11.7. The molecule has 4 rings (SSSR count). The van der Waals surface area contributed by atoms with Crippen molar-refractivity contribution in [2.45, 2.75) is 12.6 Å². The third kappa shape index (κ3) is 5.58. The molecule has 2 N–H and O–H groups in total. The monoisotopic (exact) mass is 480 g/mol. The largest absolute Gasteiger partial charge is 0.478 e. The van der Waals surface area contributed by atoms with E-state index in [2.05, 4.69) is 15.5 Å². The van der Waals surface area contributed by atoms with E-state index < -0.39 is 17.7 Å². The van der Waals surface area contributed by atoms with Crippen molar-refractivity contribution in [1.82, 2.24) is 15.1 Å². The number of carboxylic acids is 1. The Bertz CT molecular complexity index is 1370. The fraction of sp³-hybridized carbons (Fsp3) is 0.192. The van der Waals surface area contributed by atoms with Crippen molar-refractivity contribution < 1.29 is 23.1 Å². The van der Waals surface area contributed by atoms with Crippen molar-refractivity contribution in [2.24, 2.45) is 0 Å². The minimum atomic E-state index is -4.48. The Kier molecular flexibility index (Phi) is 6.70. The number of halogens is 3. The molecule has 180 valence electrons. The van der Waals surface area contributed by atoms with Crippen molar-refractivity contribution in [2.75, 3.05) is 26.0 Å². The molecule has 6 nitrogen and oxygen atoms in total. The van der Waals surface area contributed by atoms with Crippen molar-refractivity contribution in [3.05, 3.63) is 83.4 Å². The highest BCUT2D eigenvalue weighted by molar-refractivity contribution is 6.01. The summed E-state index contributed by atoms with van der Waals surface area (Å²) >= 11 is 0. The van der Waals surface area contributed by atoms with Gasteiger partial charge in [0.2, 0.25) is 0 Å². The molecule has 0 spiro atoms. The lowest BCUT2D eigenvalue weighted by Gasteiger charge is -2.16. The second-order valence-corrected chi connectivity index (χ2v) is 8.42. The maximum absolute atomic E-state index is 13.6. The lowest BCUT2D eigenvalue weighted by atomic mass is 10.0. The summed E-state index contributed by atoms with van der Waals surface area (Å²) in [7, 11) is 3.73. The van der Waals surface area contributed by atoms with Crippen molar-refractivity contribution in [3.63, 3.8) is 0 Å². The first-order valence-electron chi connectivity index (χ1n) is 10.8. The van der Waals surface area contributed by atoms with Crippen LogP contribution in [0.25, 0.3) is 22.0 Å². The highest BCUT2D eigenvalue weighted by Crippen LogP contribution is 2.35. The highest BCUT2D eigenvalue weighted by atomic mass is 19.4. The third-order valence-corrected chi connectivity index (χ3v) is 5.52. The first kappa shape index (κ1) is 24.2. The number of fused-ring (bicyclic) bond motifs is 1. The Morgan fingerprint density at radius 2 is 1.66 bits per heavy atom. The smallest absolute Gasteiger partial charge is 0.416 e. The highest BCUT2D eigenvalue weighted by Gasteiger charge is 2.31.